The lowest BCUT2D eigenvalue weighted by atomic mass is 10.1. The zero-order valence-corrected chi connectivity index (χ0v) is 13.2. The predicted octanol–water partition coefficient (Wildman–Crippen LogP) is 2.42. The van der Waals surface area contributed by atoms with Crippen LogP contribution in [0.4, 0.5) is 5.69 Å². The molecule has 0 bridgehead atoms. The van der Waals surface area contributed by atoms with Gasteiger partial charge in [-0.2, -0.15) is 0 Å². The average Bonchev–Trinajstić information content (AvgIpc) is 2.60. The summed E-state index contributed by atoms with van der Waals surface area (Å²) in [6, 6.07) is 13.7. The number of carbonyl (C=O) groups excluding carboxylic acids is 1. The molecule has 7 heteroatoms. The number of benzene rings is 2. The highest BCUT2D eigenvalue weighted by molar-refractivity contribution is 5.94. The Morgan fingerprint density at radius 2 is 1.88 bits per heavy atom. The molecule has 0 heterocycles. The third-order valence-corrected chi connectivity index (χ3v) is 3.41. The summed E-state index contributed by atoms with van der Waals surface area (Å²) < 4.78 is 0. The van der Waals surface area contributed by atoms with Crippen LogP contribution in [0.2, 0.25) is 0 Å². The van der Waals surface area contributed by atoms with Crippen molar-refractivity contribution in [3.05, 3.63) is 81.9 Å². The van der Waals surface area contributed by atoms with E-state index in [0.29, 0.717) is 5.56 Å². The van der Waals surface area contributed by atoms with Crippen molar-refractivity contribution in [3.63, 3.8) is 0 Å². The molecule has 0 radical (unpaired) electrons. The number of aliphatic carboxylic acids is 1. The predicted molar refractivity (Wildman–Crippen MR) is 91.8 cm³/mol. The first kappa shape index (κ1) is 17.9. The van der Waals surface area contributed by atoms with Crippen molar-refractivity contribution < 1.29 is 19.6 Å². The quantitative estimate of drug-likeness (QED) is 0.457. The fraction of sp³-hybridized carbons (Fsp3) is 0.111. The molecule has 1 atom stereocenters. The van der Waals surface area contributed by atoms with Crippen molar-refractivity contribution in [2.75, 3.05) is 0 Å². The number of non-ortho nitro benzene ring substituents is 1. The molecule has 7 nitrogen and oxygen atoms in total. The molecule has 0 aliphatic heterocycles. The van der Waals surface area contributed by atoms with Gasteiger partial charge in [-0.1, -0.05) is 42.5 Å². The summed E-state index contributed by atoms with van der Waals surface area (Å²) in [5.41, 5.74) is 1.17. The number of rotatable bonds is 7. The van der Waals surface area contributed by atoms with E-state index in [9.17, 15) is 24.8 Å². The van der Waals surface area contributed by atoms with Crippen molar-refractivity contribution in [2.24, 2.45) is 0 Å². The van der Waals surface area contributed by atoms with Gasteiger partial charge in [-0.15, -0.1) is 0 Å². The summed E-state index contributed by atoms with van der Waals surface area (Å²) >= 11 is 0. The van der Waals surface area contributed by atoms with Gasteiger partial charge < -0.3 is 10.4 Å². The highest BCUT2D eigenvalue weighted by Crippen LogP contribution is 2.14. The molecule has 0 saturated carbocycles. The number of nitro benzene ring substituents is 1. The van der Waals surface area contributed by atoms with Crippen LogP contribution in [0.5, 0.6) is 0 Å². The maximum atomic E-state index is 11.9. The van der Waals surface area contributed by atoms with E-state index in [1.807, 2.05) is 6.07 Å². The Morgan fingerprint density at radius 1 is 1.16 bits per heavy atom. The van der Waals surface area contributed by atoms with Crippen molar-refractivity contribution >= 4 is 23.6 Å². The minimum atomic E-state index is -1.14. The van der Waals surface area contributed by atoms with Crippen molar-refractivity contribution in [3.8, 4) is 0 Å². The zero-order chi connectivity index (χ0) is 18.2. The van der Waals surface area contributed by atoms with Crippen LogP contribution in [0.1, 0.15) is 11.1 Å². The molecule has 0 fully saturated rings. The smallest absolute Gasteiger partial charge is 0.326 e. The van der Waals surface area contributed by atoms with Crippen LogP contribution in [0.3, 0.4) is 0 Å². The largest absolute Gasteiger partial charge is 0.480 e. The van der Waals surface area contributed by atoms with Crippen LogP contribution in [-0.2, 0) is 16.0 Å². The molecule has 2 aromatic carbocycles. The summed E-state index contributed by atoms with van der Waals surface area (Å²) in [6.45, 7) is 0. The molecular formula is C18H16N2O5. The number of nitrogens with one attached hydrogen (secondary N) is 1. The van der Waals surface area contributed by atoms with E-state index in [4.69, 9.17) is 0 Å². The Kier molecular flexibility index (Phi) is 6.00. The van der Waals surface area contributed by atoms with Crippen LogP contribution in [0, 0.1) is 10.1 Å². The second kappa shape index (κ2) is 8.39. The van der Waals surface area contributed by atoms with E-state index in [1.165, 1.54) is 24.3 Å². The maximum absolute atomic E-state index is 11.9. The normalized spacial score (nSPS) is 11.8. The summed E-state index contributed by atoms with van der Waals surface area (Å²) in [7, 11) is 0. The standard InChI is InChI=1S/C18H16N2O5/c21-17(10-9-14-7-4-8-15(11-14)20(24)25)19-16(18(22)23)12-13-5-2-1-3-6-13/h1-11,16H,12H2,(H,19,21)(H,22,23)/b10-9+. The third kappa shape index (κ3) is 5.58. The summed E-state index contributed by atoms with van der Waals surface area (Å²) in [4.78, 5) is 33.5. The number of nitrogens with zero attached hydrogens (tertiary/aromatic N) is 1. The molecule has 0 saturated heterocycles. The number of carboxylic acids is 1. The molecule has 128 valence electrons. The maximum Gasteiger partial charge on any atom is 0.326 e. The first-order valence-electron chi connectivity index (χ1n) is 7.45. The van der Waals surface area contributed by atoms with Gasteiger partial charge in [0, 0.05) is 24.6 Å². The van der Waals surface area contributed by atoms with Crippen LogP contribution in [0.15, 0.2) is 60.7 Å². The molecule has 0 aliphatic carbocycles. The van der Waals surface area contributed by atoms with Gasteiger partial charge in [-0.05, 0) is 17.2 Å². The molecule has 2 aromatic rings. The lowest BCUT2D eigenvalue weighted by Crippen LogP contribution is -2.41. The first-order valence-corrected chi connectivity index (χ1v) is 7.45. The van der Waals surface area contributed by atoms with Gasteiger partial charge in [0.1, 0.15) is 6.04 Å². The zero-order valence-electron chi connectivity index (χ0n) is 13.2. The number of hydrogen-bond acceptors (Lipinski definition) is 4. The van der Waals surface area contributed by atoms with Gasteiger partial charge in [0.15, 0.2) is 0 Å². The third-order valence-electron chi connectivity index (χ3n) is 3.41. The summed E-state index contributed by atoms with van der Waals surface area (Å²) in [5, 5.41) is 22.4. The molecule has 1 unspecified atom stereocenters. The Bertz CT molecular complexity index is 802. The van der Waals surface area contributed by atoms with Crippen molar-refractivity contribution in [1.29, 1.82) is 0 Å². The molecule has 25 heavy (non-hydrogen) atoms. The first-order chi connectivity index (χ1) is 12.0. The SMILES string of the molecule is O=C(/C=C/c1cccc([N+](=O)[O-])c1)NC(Cc1ccccc1)C(=O)O. The minimum Gasteiger partial charge on any atom is -0.480 e. The fourth-order valence-electron chi connectivity index (χ4n) is 2.18. The van der Waals surface area contributed by atoms with Crippen LogP contribution >= 0.6 is 0 Å². The van der Waals surface area contributed by atoms with E-state index in [2.05, 4.69) is 5.32 Å². The lowest BCUT2D eigenvalue weighted by molar-refractivity contribution is -0.384. The van der Waals surface area contributed by atoms with Gasteiger partial charge in [-0.3, -0.25) is 14.9 Å². The van der Waals surface area contributed by atoms with Crippen molar-refractivity contribution in [2.45, 2.75) is 12.5 Å². The monoisotopic (exact) mass is 340 g/mol. The van der Waals surface area contributed by atoms with Crippen molar-refractivity contribution in [1.82, 2.24) is 5.32 Å². The minimum absolute atomic E-state index is 0.0879. The highest BCUT2D eigenvalue weighted by atomic mass is 16.6. The van der Waals surface area contributed by atoms with E-state index in [1.54, 1.807) is 30.3 Å². The average molecular weight is 340 g/mol. The molecule has 2 N–H and O–H groups in total. The van der Waals surface area contributed by atoms with Gasteiger partial charge in [0.25, 0.3) is 5.69 Å². The van der Waals surface area contributed by atoms with Gasteiger partial charge in [-0.25, -0.2) is 4.79 Å². The number of carboxylic acid groups (broad SMARTS) is 1. The number of nitro groups is 1. The topological polar surface area (TPSA) is 110 Å². The Morgan fingerprint density at radius 3 is 2.52 bits per heavy atom. The van der Waals surface area contributed by atoms with E-state index >= 15 is 0 Å². The van der Waals surface area contributed by atoms with Crippen LogP contribution in [-0.4, -0.2) is 27.9 Å². The second-order valence-corrected chi connectivity index (χ2v) is 5.27. The molecule has 0 aromatic heterocycles. The Balaban J connectivity index is 2.02. The molecule has 0 spiro atoms. The van der Waals surface area contributed by atoms with Crippen LogP contribution < -0.4 is 5.32 Å². The lowest BCUT2D eigenvalue weighted by Gasteiger charge is -2.13. The van der Waals surface area contributed by atoms with E-state index < -0.39 is 22.8 Å². The van der Waals surface area contributed by atoms with Gasteiger partial charge in [0.2, 0.25) is 5.91 Å². The summed E-state index contributed by atoms with van der Waals surface area (Å²) in [5.74, 6) is -1.73. The molecule has 0 aliphatic rings. The number of hydrogen-bond donors (Lipinski definition) is 2. The van der Waals surface area contributed by atoms with E-state index in [-0.39, 0.29) is 12.1 Å². The Labute approximate surface area is 143 Å². The Hall–Kier alpha value is -3.48. The second-order valence-electron chi connectivity index (χ2n) is 5.27. The molecule has 1 amide bonds. The van der Waals surface area contributed by atoms with Gasteiger partial charge in [0.05, 0.1) is 4.92 Å². The fourth-order valence-corrected chi connectivity index (χ4v) is 2.18. The van der Waals surface area contributed by atoms with Crippen LogP contribution in [0.25, 0.3) is 6.08 Å². The van der Waals surface area contributed by atoms with E-state index in [0.717, 1.165) is 11.6 Å². The summed E-state index contributed by atoms with van der Waals surface area (Å²) in [6.07, 6.45) is 2.70. The highest BCUT2D eigenvalue weighted by Gasteiger charge is 2.19. The molecule has 2 rings (SSSR count). The molecular weight excluding hydrogens is 324 g/mol. The van der Waals surface area contributed by atoms with Gasteiger partial charge >= 0.3 is 5.97 Å². The number of carbonyl (C=O) groups is 2. The number of amides is 1.